The molecule has 0 unspecified atom stereocenters. The fraction of sp³-hybridized carbons (Fsp3) is 0.619. The van der Waals surface area contributed by atoms with Gasteiger partial charge < -0.3 is 10.1 Å². The third-order valence-corrected chi connectivity index (χ3v) is 6.38. The largest absolute Gasteiger partial charge is 0.461 e. The number of rotatable bonds is 6. The molecule has 4 atom stereocenters. The third-order valence-electron chi connectivity index (χ3n) is 6.38. The molecule has 1 aromatic carbocycles. The Morgan fingerprint density at radius 3 is 2.62 bits per heavy atom. The number of nitrogens with zero attached hydrogens (tertiary/aromatic N) is 1. The summed E-state index contributed by atoms with van der Waals surface area (Å²) in [5, 5.41) is 3.64. The zero-order valence-corrected chi connectivity index (χ0v) is 15.2. The quantitative estimate of drug-likeness (QED) is 0.793. The number of hydrogen-bond donors (Lipinski definition) is 1. The molecule has 1 heterocycles. The van der Waals surface area contributed by atoms with Crippen molar-refractivity contribution in [3.63, 3.8) is 0 Å². The molecule has 2 bridgehead atoms. The van der Waals surface area contributed by atoms with Gasteiger partial charge in [-0.15, -0.1) is 0 Å². The van der Waals surface area contributed by atoms with Crippen LogP contribution in [0.2, 0.25) is 0 Å². The summed E-state index contributed by atoms with van der Waals surface area (Å²) in [6.07, 6.45) is 4.80. The molecular weight excluding hydrogens is 328 g/mol. The van der Waals surface area contributed by atoms with E-state index in [9.17, 15) is 9.59 Å². The number of piperidine rings is 1. The standard InChI is InChI=1S/C21H28N2O3/c24-18-8-10-23(11-9-18)14-22-20-17-7-6-16(12-17)19(20)21(25)26-13-15-4-2-1-3-5-15/h1-5,16-17,19-20,22H,6-14H2/t16-,17-,19+,20-/m0/s1. The van der Waals surface area contributed by atoms with Crippen LogP contribution in [0, 0.1) is 17.8 Å². The van der Waals surface area contributed by atoms with Crippen LogP contribution >= 0.6 is 0 Å². The van der Waals surface area contributed by atoms with Gasteiger partial charge in [0.1, 0.15) is 12.4 Å². The first-order valence-corrected chi connectivity index (χ1v) is 9.88. The Balaban J connectivity index is 1.33. The highest BCUT2D eigenvalue weighted by molar-refractivity contribution is 5.79. The zero-order valence-electron chi connectivity index (χ0n) is 15.2. The van der Waals surface area contributed by atoms with Crippen LogP contribution in [-0.4, -0.2) is 42.5 Å². The van der Waals surface area contributed by atoms with E-state index in [1.807, 2.05) is 30.3 Å². The first-order chi connectivity index (χ1) is 12.7. The van der Waals surface area contributed by atoms with E-state index in [-0.39, 0.29) is 17.9 Å². The van der Waals surface area contributed by atoms with E-state index in [1.165, 1.54) is 6.42 Å². The van der Waals surface area contributed by atoms with E-state index in [0.717, 1.165) is 38.2 Å². The van der Waals surface area contributed by atoms with Gasteiger partial charge in [-0.05, 0) is 36.7 Å². The van der Waals surface area contributed by atoms with Crippen molar-refractivity contribution >= 4 is 11.8 Å². The second-order valence-corrected chi connectivity index (χ2v) is 8.00. The van der Waals surface area contributed by atoms with Gasteiger partial charge in [0.25, 0.3) is 0 Å². The average molecular weight is 356 g/mol. The SMILES string of the molecule is O=C1CCN(CN[C@H]2[C@H]3CC[C@@H](C3)[C@H]2C(=O)OCc2ccccc2)CC1. The van der Waals surface area contributed by atoms with Crippen LogP contribution in [0.15, 0.2) is 30.3 Å². The van der Waals surface area contributed by atoms with Crippen molar-refractivity contribution in [1.82, 2.24) is 10.2 Å². The van der Waals surface area contributed by atoms with Crippen molar-refractivity contribution in [2.24, 2.45) is 17.8 Å². The predicted octanol–water partition coefficient (Wildman–Crippen LogP) is 2.36. The molecule has 0 amide bonds. The molecular formula is C21H28N2O3. The van der Waals surface area contributed by atoms with Crippen LogP contribution in [0.1, 0.15) is 37.7 Å². The van der Waals surface area contributed by atoms with Gasteiger partial charge in [-0.25, -0.2) is 0 Å². The summed E-state index contributed by atoms with van der Waals surface area (Å²) in [6, 6.07) is 10.1. The van der Waals surface area contributed by atoms with Gasteiger partial charge in [0.05, 0.1) is 5.92 Å². The average Bonchev–Trinajstić information content (AvgIpc) is 3.28. The minimum atomic E-state index is -0.0487. The molecule has 0 spiro atoms. The van der Waals surface area contributed by atoms with Crippen molar-refractivity contribution in [3.05, 3.63) is 35.9 Å². The highest BCUT2D eigenvalue weighted by Gasteiger charge is 2.51. The van der Waals surface area contributed by atoms with E-state index >= 15 is 0 Å². The molecule has 1 aliphatic heterocycles. The van der Waals surface area contributed by atoms with Crippen LogP contribution in [0.25, 0.3) is 0 Å². The zero-order chi connectivity index (χ0) is 17.9. The Morgan fingerprint density at radius 1 is 1.12 bits per heavy atom. The molecule has 0 radical (unpaired) electrons. The minimum absolute atomic E-state index is 0.0242. The Hall–Kier alpha value is -1.72. The summed E-state index contributed by atoms with van der Waals surface area (Å²) < 4.78 is 5.66. The maximum Gasteiger partial charge on any atom is 0.311 e. The minimum Gasteiger partial charge on any atom is -0.461 e. The summed E-state index contributed by atoms with van der Waals surface area (Å²) in [7, 11) is 0. The Morgan fingerprint density at radius 2 is 1.85 bits per heavy atom. The second-order valence-electron chi connectivity index (χ2n) is 8.00. The number of hydrogen-bond acceptors (Lipinski definition) is 5. The summed E-state index contributed by atoms with van der Waals surface area (Å²) in [4.78, 5) is 26.5. The molecule has 5 nitrogen and oxygen atoms in total. The number of carbonyl (C=O) groups excluding carboxylic acids is 2. The smallest absolute Gasteiger partial charge is 0.311 e. The van der Waals surface area contributed by atoms with Gasteiger partial charge in [-0.3, -0.25) is 14.5 Å². The lowest BCUT2D eigenvalue weighted by atomic mass is 9.84. The lowest BCUT2D eigenvalue weighted by Crippen LogP contribution is -2.50. The number of esters is 1. The topological polar surface area (TPSA) is 58.6 Å². The maximum absolute atomic E-state index is 12.8. The van der Waals surface area contributed by atoms with E-state index < -0.39 is 0 Å². The first-order valence-electron chi connectivity index (χ1n) is 9.88. The van der Waals surface area contributed by atoms with E-state index in [1.54, 1.807) is 0 Å². The Kier molecular flexibility index (Phi) is 5.36. The van der Waals surface area contributed by atoms with Crippen LogP contribution in [0.3, 0.4) is 0 Å². The van der Waals surface area contributed by atoms with E-state index in [4.69, 9.17) is 4.74 Å². The molecule has 1 saturated heterocycles. The summed E-state index contributed by atoms with van der Waals surface area (Å²) >= 11 is 0. The molecule has 0 aromatic heterocycles. The second kappa shape index (κ2) is 7.89. The van der Waals surface area contributed by atoms with Crippen LogP contribution in [0.4, 0.5) is 0 Å². The fourth-order valence-electron chi connectivity index (χ4n) is 4.94. The van der Waals surface area contributed by atoms with Gasteiger partial charge >= 0.3 is 5.97 Å². The number of fused-ring (bicyclic) bond motifs is 2. The van der Waals surface area contributed by atoms with E-state index in [0.29, 0.717) is 37.1 Å². The predicted molar refractivity (Wildman–Crippen MR) is 98.2 cm³/mol. The Labute approximate surface area is 155 Å². The number of nitrogens with one attached hydrogen (secondary N) is 1. The summed E-state index contributed by atoms with van der Waals surface area (Å²) in [5.74, 6) is 1.34. The van der Waals surface area contributed by atoms with Crippen LogP contribution in [0.5, 0.6) is 0 Å². The summed E-state index contributed by atoms with van der Waals surface area (Å²) in [6.45, 7) is 2.78. The molecule has 140 valence electrons. The molecule has 2 aliphatic carbocycles. The molecule has 26 heavy (non-hydrogen) atoms. The number of ether oxygens (including phenoxy) is 1. The van der Waals surface area contributed by atoms with Crippen LogP contribution < -0.4 is 5.32 Å². The van der Waals surface area contributed by atoms with Crippen molar-refractivity contribution in [2.75, 3.05) is 19.8 Å². The van der Waals surface area contributed by atoms with Crippen molar-refractivity contribution in [2.45, 2.75) is 44.8 Å². The number of ketones is 1. The van der Waals surface area contributed by atoms with Gasteiger partial charge in [0, 0.05) is 38.6 Å². The van der Waals surface area contributed by atoms with Gasteiger partial charge in [0.2, 0.25) is 0 Å². The summed E-state index contributed by atoms with van der Waals surface area (Å²) in [5.41, 5.74) is 1.03. The number of likely N-dealkylation sites (tertiary alicyclic amines) is 1. The van der Waals surface area contributed by atoms with Gasteiger partial charge in [-0.1, -0.05) is 30.3 Å². The molecule has 2 saturated carbocycles. The molecule has 3 fully saturated rings. The van der Waals surface area contributed by atoms with Crippen molar-refractivity contribution in [3.8, 4) is 0 Å². The number of benzene rings is 1. The normalized spacial score (nSPS) is 31.3. The van der Waals surface area contributed by atoms with E-state index in [2.05, 4.69) is 10.2 Å². The van der Waals surface area contributed by atoms with Gasteiger partial charge in [-0.2, -0.15) is 0 Å². The molecule has 5 heteroatoms. The van der Waals surface area contributed by atoms with Crippen LogP contribution in [-0.2, 0) is 20.9 Å². The maximum atomic E-state index is 12.8. The fourth-order valence-corrected chi connectivity index (χ4v) is 4.94. The number of Topliss-reactive ketones (excluding diaryl/α,β-unsaturated/α-hetero) is 1. The van der Waals surface area contributed by atoms with Gasteiger partial charge in [0.15, 0.2) is 0 Å². The molecule has 1 aromatic rings. The molecule has 1 N–H and O–H groups in total. The lowest BCUT2D eigenvalue weighted by molar-refractivity contribution is -0.152. The highest BCUT2D eigenvalue weighted by atomic mass is 16.5. The lowest BCUT2D eigenvalue weighted by Gasteiger charge is -2.33. The molecule has 4 rings (SSSR count). The first kappa shape index (κ1) is 17.7. The number of carbonyl (C=O) groups is 2. The highest BCUT2D eigenvalue weighted by Crippen LogP contribution is 2.49. The monoisotopic (exact) mass is 356 g/mol. The van der Waals surface area contributed by atoms with Crippen molar-refractivity contribution < 1.29 is 14.3 Å². The molecule has 3 aliphatic rings. The van der Waals surface area contributed by atoms with Crippen molar-refractivity contribution in [1.29, 1.82) is 0 Å². The third kappa shape index (κ3) is 3.84. The Bertz CT molecular complexity index is 638.